The lowest BCUT2D eigenvalue weighted by Crippen LogP contribution is -2.32. The van der Waals surface area contributed by atoms with E-state index in [-0.39, 0.29) is 18.0 Å². The highest BCUT2D eigenvalue weighted by molar-refractivity contribution is 5.81. The van der Waals surface area contributed by atoms with Gasteiger partial charge in [-0.15, -0.1) is 0 Å². The lowest BCUT2D eigenvalue weighted by molar-refractivity contribution is -0.121. The molecular weight excluding hydrogens is 306 g/mol. The highest BCUT2D eigenvalue weighted by atomic mass is 16.2. The maximum absolute atomic E-state index is 12.6. The van der Waals surface area contributed by atoms with Gasteiger partial charge in [-0.25, -0.2) is 0 Å². The van der Waals surface area contributed by atoms with E-state index >= 15 is 0 Å². The molecule has 0 unspecified atom stereocenters. The van der Waals surface area contributed by atoms with Gasteiger partial charge in [0, 0.05) is 37.1 Å². The van der Waals surface area contributed by atoms with Gasteiger partial charge in [-0.05, 0) is 31.5 Å². The summed E-state index contributed by atoms with van der Waals surface area (Å²) in [6.45, 7) is 4.78. The van der Waals surface area contributed by atoms with Crippen molar-refractivity contribution in [3.8, 4) is 0 Å². The molecule has 3 rings (SSSR count). The van der Waals surface area contributed by atoms with E-state index in [1.165, 1.54) is 4.57 Å². The first-order chi connectivity index (χ1) is 11.6. The molecule has 0 bridgehead atoms. The molecule has 0 radical (unpaired) electrons. The van der Waals surface area contributed by atoms with Crippen molar-refractivity contribution in [2.24, 2.45) is 0 Å². The second-order valence-corrected chi connectivity index (χ2v) is 5.55. The van der Waals surface area contributed by atoms with E-state index in [9.17, 15) is 9.59 Å². The molecule has 0 aliphatic rings. The first kappa shape index (κ1) is 15.9. The summed E-state index contributed by atoms with van der Waals surface area (Å²) in [5.41, 5.74) is 2.06. The van der Waals surface area contributed by atoms with E-state index in [0.29, 0.717) is 18.6 Å². The average molecular weight is 325 g/mol. The Bertz CT molecular complexity index is 927. The predicted molar refractivity (Wildman–Crippen MR) is 90.5 cm³/mol. The smallest absolute Gasteiger partial charge is 0.277 e. The Balaban J connectivity index is 1.79. The van der Waals surface area contributed by atoms with Crippen LogP contribution in [-0.4, -0.2) is 25.2 Å². The zero-order valence-corrected chi connectivity index (χ0v) is 13.7. The third-order valence-electron chi connectivity index (χ3n) is 3.88. The number of amides is 1. The van der Waals surface area contributed by atoms with Crippen molar-refractivity contribution in [1.29, 1.82) is 0 Å². The van der Waals surface area contributed by atoms with Crippen molar-refractivity contribution < 1.29 is 4.79 Å². The predicted octanol–water partition coefficient (Wildman–Crippen LogP) is 1.24. The van der Waals surface area contributed by atoms with Crippen molar-refractivity contribution in [2.45, 2.75) is 33.5 Å². The number of fused-ring (bicyclic) bond motifs is 1. The van der Waals surface area contributed by atoms with Crippen LogP contribution in [-0.2, 0) is 24.4 Å². The molecule has 0 aromatic carbocycles. The molecular formula is C17H19N5O2. The van der Waals surface area contributed by atoms with E-state index in [4.69, 9.17) is 0 Å². The number of nitrogens with zero attached hydrogens (tertiary/aromatic N) is 4. The molecule has 3 aromatic rings. The molecule has 0 atom stereocenters. The summed E-state index contributed by atoms with van der Waals surface area (Å²) in [5, 5.41) is 7.98. The highest BCUT2D eigenvalue weighted by Gasteiger charge is 2.13. The lowest BCUT2D eigenvalue weighted by atomic mass is 10.2. The van der Waals surface area contributed by atoms with Crippen LogP contribution in [0.5, 0.6) is 0 Å². The summed E-state index contributed by atoms with van der Waals surface area (Å²) in [4.78, 5) is 28.8. The summed E-state index contributed by atoms with van der Waals surface area (Å²) in [6, 6.07) is 5.53. The fourth-order valence-corrected chi connectivity index (χ4v) is 2.66. The van der Waals surface area contributed by atoms with Crippen molar-refractivity contribution in [3.05, 3.63) is 58.4 Å². The number of carbonyl (C=O) groups is 1. The van der Waals surface area contributed by atoms with Crippen LogP contribution in [0.2, 0.25) is 0 Å². The van der Waals surface area contributed by atoms with Gasteiger partial charge in [0.05, 0.1) is 5.69 Å². The topological polar surface area (TPSA) is 81.8 Å². The molecule has 124 valence electrons. The standard InChI is InChI=1S/C17H19N5O2/c1-3-22-16-14(12(2)20-22)6-8-21(17(16)24)11-15(23)19-10-13-5-4-7-18-9-13/h4-9H,3,10-11H2,1-2H3,(H,19,23). The van der Waals surface area contributed by atoms with Crippen LogP contribution in [0.3, 0.4) is 0 Å². The molecule has 7 heteroatoms. The van der Waals surface area contributed by atoms with Gasteiger partial charge < -0.3 is 9.88 Å². The zero-order chi connectivity index (χ0) is 17.1. The lowest BCUT2D eigenvalue weighted by Gasteiger charge is -2.08. The molecule has 1 amide bonds. The van der Waals surface area contributed by atoms with Crippen molar-refractivity contribution >= 4 is 16.8 Å². The first-order valence-corrected chi connectivity index (χ1v) is 7.82. The molecule has 0 saturated heterocycles. The third kappa shape index (κ3) is 3.05. The van der Waals surface area contributed by atoms with E-state index in [1.807, 2.05) is 32.0 Å². The summed E-state index contributed by atoms with van der Waals surface area (Å²) < 4.78 is 3.09. The van der Waals surface area contributed by atoms with Gasteiger partial charge >= 0.3 is 0 Å². The first-order valence-electron chi connectivity index (χ1n) is 7.82. The zero-order valence-electron chi connectivity index (χ0n) is 13.7. The molecule has 0 aliphatic carbocycles. The minimum absolute atomic E-state index is 0.0248. The molecule has 3 aromatic heterocycles. The molecule has 0 aliphatic heterocycles. The van der Waals surface area contributed by atoms with Crippen LogP contribution in [0.1, 0.15) is 18.2 Å². The Morgan fingerprint density at radius 1 is 1.33 bits per heavy atom. The van der Waals surface area contributed by atoms with Crippen LogP contribution in [0, 0.1) is 6.92 Å². The molecule has 3 heterocycles. The minimum atomic E-state index is -0.223. The number of nitrogens with one attached hydrogen (secondary N) is 1. The maximum atomic E-state index is 12.6. The number of aryl methyl sites for hydroxylation is 2. The van der Waals surface area contributed by atoms with Gasteiger partial charge in [-0.2, -0.15) is 5.10 Å². The Morgan fingerprint density at radius 3 is 2.88 bits per heavy atom. The average Bonchev–Trinajstić information content (AvgIpc) is 2.93. The number of rotatable bonds is 5. The molecule has 24 heavy (non-hydrogen) atoms. The normalized spacial score (nSPS) is 10.9. The van der Waals surface area contributed by atoms with Gasteiger partial charge in [0.25, 0.3) is 5.56 Å². The van der Waals surface area contributed by atoms with Crippen LogP contribution in [0.15, 0.2) is 41.6 Å². The van der Waals surface area contributed by atoms with Crippen LogP contribution in [0.25, 0.3) is 10.9 Å². The number of pyridine rings is 2. The summed E-state index contributed by atoms with van der Waals surface area (Å²) in [7, 11) is 0. The second kappa shape index (κ2) is 6.66. The summed E-state index contributed by atoms with van der Waals surface area (Å²) in [6.07, 6.45) is 5.02. The SMILES string of the molecule is CCn1nc(C)c2ccn(CC(=O)NCc3cccnc3)c(=O)c21. The largest absolute Gasteiger partial charge is 0.350 e. The number of carbonyl (C=O) groups excluding carboxylic acids is 1. The quantitative estimate of drug-likeness (QED) is 0.765. The fourth-order valence-electron chi connectivity index (χ4n) is 2.66. The van der Waals surface area contributed by atoms with Gasteiger partial charge in [0.2, 0.25) is 5.91 Å². The third-order valence-corrected chi connectivity index (χ3v) is 3.88. The number of hydrogen-bond acceptors (Lipinski definition) is 4. The van der Waals surface area contributed by atoms with Crippen molar-refractivity contribution in [2.75, 3.05) is 0 Å². The molecule has 0 spiro atoms. The van der Waals surface area contributed by atoms with Crippen molar-refractivity contribution in [1.82, 2.24) is 24.6 Å². The van der Waals surface area contributed by atoms with Gasteiger partial charge in [-0.1, -0.05) is 6.07 Å². The summed E-state index contributed by atoms with van der Waals surface area (Å²) in [5.74, 6) is -0.223. The van der Waals surface area contributed by atoms with E-state index < -0.39 is 0 Å². The highest BCUT2D eigenvalue weighted by Crippen LogP contribution is 2.13. The molecule has 7 nitrogen and oxygen atoms in total. The van der Waals surface area contributed by atoms with E-state index in [2.05, 4.69) is 15.4 Å². The van der Waals surface area contributed by atoms with Crippen LogP contribution < -0.4 is 10.9 Å². The number of hydrogen-bond donors (Lipinski definition) is 1. The van der Waals surface area contributed by atoms with Crippen LogP contribution >= 0.6 is 0 Å². The fraction of sp³-hybridized carbons (Fsp3) is 0.294. The van der Waals surface area contributed by atoms with Crippen molar-refractivity contribution in [3.63, 3.8) is 0 Å². The molecule has 1 N–H and O–H groups in total. The molecule has 0 saturated carbocycles. The second-order valence-electron chi connectivity index (χ2n) is 5.55. The number of aromatic nitrogens is 4. The Morgan fingerprint density at radius 2 is 2.17 bits per heavy atom. The van der Waals surface area contributed by atoms with E-state index in [0.717, 1.165) is 16.6 Å². The minimum Gasteiger partial charge on any atom is -0.350 e. The van der Waals surface area contributed by atoms with E-state index in [1.54, 1.807) is 23.3 Å². The van der Waals surface area contributed by atoms with Gasteiger partial charge in [0.1, 0.15) is 12.1 Å². The molecule has 0 fully saturated rings. The van der Waals surface area contributed by atoms with Crippen LogP contribution in [0.4, 0.5) is 0 Å². The maximum Gasteiger partial charge on any atom is 0.277 e. The van der Waals surface area contributed by atoms with Gasteiger partial charge in [0.15, 0.2) is 0 Å². The Hall–Kier alpha value is -2.96. The van der Waals surface area contributed by atoms with Gasteiger partial charge in [-0.3, -0.25) is 19.3 Å². The Kier molecular flexibility index (Phi) is 4.41. The monoisotopic (exact) mass is 325 g/mol. The Labute approximate surface area is 138 Å². The summed E-state index contributed by atoms with van der Waals surface area (Å²) >= 11 is 0.